The number of aromatic nitrogens is 1. The minimum atomic E-state index is -1.17. The molecule has 0 saturated carbocycles. The zero-order valence-electron chi connectivity index (χ0n) is 27.4. The Kier molecular flexibility index (Phi) is 8.76. The Hall–Kier alpha value is -4.41. The lowest BCUT2D eigenvalue weighted by Gasteiger charge is -2.32. The van der Waals surface area contributed by atoms with Crippen molar-refractivity contribution in [3.8, 4) is 0 Å². The molecule has 0 bridgehead atoms. The van der Waals surface area contributed by atoms with Gasteiger partial charge in [0.15, 0.2) is 0 Å². The van der Waals surface area contributed by atoms with Crippen molar-refractivity contribution >= 4 is 39.8 Å². The van der Waals surface area contributed by atoms with Crippen LogP contribution in [-0.4, -0.2) is 67.7 Å². The molecular weight excluding hydrogens is 582 g/mol. The van der Waals surface area contributed by atoms with Gasteiger partial charge in [0, 0.05) is 64.7 Å². The zero-order valence-corrected chi connectivity index (χ0v) is 27.4. The number of furan rings is 1. The maximum atomic E-state index is 13.5. The van der Waals surface area contributed by atoms with E-state index in [0.717, 1.165) is 24.3 Å². The van der Waals surface area contributed by atoms with Gasteiger partial charge >= 0.3 is 0 Å². The van der Waals surface area contributed by atoms with Gasteiger partial charge in [-0.2, -0.15) is 0 Å². The summed E-state index contributed by atoms with van der Waals surface area (Å²) >= 11 is 0. The van der Waals surface area contributed by atoms with Crippen molar-refractivity contribution in [2.24, 2.45) is 5.41 Å². The Morgan fingerprint density at radius 1 is 0.891 bits per heavy atom. The van der Waals surface area contributed by atoms with Crippen molar-refractivity contribution in [1.29, 1.82) is 0 Å². The number of para-hydroxylation sites is 1. The fourth-order valence-electron chi connectivity index (χ4n) is 6.64. The number of anilines is 3. The van der Waals surface area contributed by atoms with E-state index in [0.29, 0.717) is 68.4 Å². The number of carbonyl (C=O) groups is 2. The van der Waals surface area contributed by atoms with Gasteiger partial charge < -0.3 is 28.4 Å². The highest BCUT2D eigenvalue weighted by Gasteiger charge is 2.45. The van der Waals surface area contributed by atoms with Crippen LogP contribution in [0.3, 0.4) is 0 Å². The van der Waals surface area contributed by atoms with Gasteiger partial charge in [-0.25, -0.2) is 0 Å². The average Bonchev–Trinajstić information content (AvgIpc) is 3.44. The monoisotopic (exact) mass is 625 g/mol. The Morgan fingerprint density at radius 3 is 2.41 bits per heavy atom. The molecule has 10 heteroatoms. The lowest BCUT2D eigenvalue weighted by Crippen LogP contribution is -2.47. The molecule has 2 amide bonds. The van der Waals surface area contributed by atoms with Gasteiger partial charge in [-0.1, -0.05) is 24.3 Å². The lowest BCUT2D eigenvalue weighted by atomic mass is 9.90. The molecule has 0 atom stereocenters. The standard InChI is InChI=1S/C36H43N5O5/c1-6-41-30-12-11-26(22-31(30)37(5)34(43)36(3,4)35(41)44)23-38(15-16-40-14-13-32-28(33(40)42)21-25(2)46-32)24-27-9-7-8-10-29(27)39-17-19-45-20-18-39/h7-14,21-22H,6,15-20,23-24H2,1-5H3. The van der Waals surface area contributed by atoms with Crippen LogP contribution >= 0.6 is 0 Å². The molecule has 242 valence electrons. The van der Waals surface area contributed by atoms with Crippen molar-refractivity contribution < 1.29 is 18.7 Å². The van der Waals surface area contributed by atoms with E-state index in [-0.39, 0.29) is 17.4 Å². The van der Waals surface area contributed by atoms with Crippen LogP contribution in [0, 0.1) is 12.3 Å². The van der Waals surface area contributed by atoms with Crippen LogP contribution in [0.4, 0.5) is 17.1 Å². The summed E-state index contributed by atoms with van der Waals surface area (Å²) in [6, 6.07) is 18.1. The number of pyridine rings is 1. The number of hydrogen-bond donors (Lipinski definition) is 0. The number of rotatable bonds is 9. The third-order valence-electron chi connectivity index (χ3n) is 9.21. The van der Waals surface area contributed by atoms with E-state index in [1.807, 2.05) is 38.1 Å². The summed E-state index contributed by atoms with van der Waals surface area (Å²) in [7, 11) is 1.75. The Bertz CT molecular complexity index is 1820. The van der Waals surface area contributed by atoms with Crippen LogP contribution in [0.15, 0.2) is 70.0 Å². The molecule has 2 aliphatic heterocycles. The first-order valence-corrected chi connectivity index (χ1v) is 16.0. The summed E-state index contributed by atoms with van der Waals surface area (Å²) in [6.45, 7) is 13.1. The zero-order chi connectivity index (χ0) is 32.6. The van der Waals surface area contributed by atoms with Gasteiger partial charge in [-0.05, 0) is 69.2 Å². The maximum Gasteiger partial charge on any atom is 0.261 e. The second-order valence-electron chi connectivity index (χ2n) is 12.7. The molecule has 4 heterocycles. The van der Waals surface area contributed by atoms with E-state index in [9.17, 15) is 14.4 Å². The number of aryl methyl sites for hydroxylation is 1. The number of amides is 2. The van der Waals surface area contributed by atoms with E-state index in [1.54, 1.807) is 47.5 Å². The molecule has 4 aromatic rings. The molecule has 0 N–H and O–H groups in total. The molecule has 2 aromatic carbocycles. The topological polar surface area (TPSA) is 91.5 Å². The number of morpholine rings is 1. The Balaban J connectivity index is 1.33. The number of hydrogen-bond acceptors (Lipinski definition) is 7. The van der Waals surface area contributed by atoms with E-state index < -0.39 is 5.41 Å². The first-order valence-electron chi connectivity index (χ1n) is 16.0. The van der Waals surface area contributed by atoms with E-state index in [1.165, 1.54) is 11.3 Å². The van der Waals surface area contributed by atoms with E-state index in [4.69, 9.17) is 9.15 Å². The molecular formula is C36H43N5O5. The van der Waals surface area contributed by atoms with Gasteiger partial charge in [-0.3, -0.25) is 19.3 Å². The molecule has 2 aromatic heterocycles. The lowest BCUT2D eigenvalue weighted by molar-refractivity contribution is -0.137. The van der Waals surface area contributed by atoms with Crippen LogP contribution in [0.2, 0.25) is 0 Å². The summed E-state index contributed by atoms with van der Waals surface area (Å²) in [5.41, 5.74) is 4.21. The normalized spacial score (nSPS) is 16.8. The Morgan fingerprint density at radius 2 is 1.65 bits per heavy atom. The van der Waals surface area contributed by atoms with Gasteiger partial charge in [-0.15, -0.1) is 0 Å². The Labute approximate surface area is 269 Å². The van der Waals surface area contributed by atoms with Crippen LogP contribution in [0.1, 0.15) is 37.7 Å². The largest absolute Gasteiger partial charge is 0.461 e. The minimum Gasteiger partial charge on any atom is -0.461 e. The molecule has 0 aliphatic carbocycles. The SMILES string of the molecule is CCN1C(=O)C(C)(C)C(=O)N(C)c2cc(CN(CCn3ccc4oc(C)cc4c3=O)Cc3ccccc3N3CCOCC3)ccc21. The van der Waals surface area contributed by atoms with Crippen LogP contribution in [-0.2, 0) is 34.0 Å². The van der Waals surface area contributed by atoms with Crippen molar-refractivity contribution in [1.82, 2.24) is 9.47 Å². The average molecular weight is 626 g/mol. The van der Waals surface area contributed by atoms with Crippen molar-refractivity contribution in [2.45, 2.75) is 47.3 Å². The van der Waals surface area contributed by atoms with Gasteiger partial charge in [0.05, 0.1) is 30.0 Å². The molecule has 0 radical (unpaired) electrons. The molecule has 1 fully saturated rings. The smallest absolute Gasteiger partial charge is 0.261 e. The van der Waals surface area contributed by atoms with Crippen LogP contribution in [0.5, 0.6) is 0 Å². The molecule has 6 rings (SSSR count). The van der Waals surface area contributed by atoms with E-state index >= 15 is 0 Å². The first-order chi connectivity index (χ1) is 22.1. The van der Waals surface area contributed by atoms with Gasteiger partial charge in [0.1, 0.15) is 16.8 Å². The summed E-state index contributed by atoms with van der Waals surface area (Å²) in [6.07, 6.45) is 1.80. The highest BCUT2D eigenvalue weighted by Crippen LogP contribution is 2.39. The quantitative estimate of drug-likeness (QED) is 0.247. The molecule has 46 heavy (non-hydrogen) atoms. The first kappa shape index (κ1) is 31.6. The summed E-state index contributed by atoms with van der Waals surface area (Å²) in [5, 5.41) is 0.584. The van der Waals surface area contributed by atoms with Crippen molar-refractivity contribution in [3.05, 3.63) is 88.0 Å². The summed E-state index contributed by atoms with van der Waals surface area (Å²) in [4.78, 5) is 48.2. The highest BCUT2D eigenvalue weighted by molar-refractivity contribution is 6.19. The summed E-state index contributed by atoms with van der Waals surface area (Å²) < 4.78 is 13.0. The minimum absolute atomic E-state index is 0.0693. The highest BCUT2D eigenvalue weighted by atomic mass is 16.5. The molecule has 1 saturated heterocycles. The predicted octanol–water partition coefficient (Wildman–Crippen LogP) is 4.80. The fourth-order valence-corrected chi connectivity index (χ4v) is 6.64. The second-order valence-corrected chi connectivity index (χ2v) is 12.7. The number of benzene rings is 2. The van der Waals surface area contributed by atoms with Gasteiger partial charge in [0.25, 0.3) is 5.56 Å². The van der Waals surface area contributed by atoms with Gasteiger partial charge in [0.2, 0.25) is 11.8 Å². The van der Waals surface area contributed by atoms with Crippen molar-refractivity contribution in [2.75, 3.05) is 61.1 Å². The third-order valence-corrected chi connectivity index (χ3v) is 9.21. The number of ether oxygens (including phenoxy) is 1. The second kappa shape index (κ2) is 12.8. The van der Waals surface area contributed by atoms with Crippen LogP contribution < -0.4 is 20.3 Å². The third kappa shape index (κ3) is 5.94. The molecule has 10 nitrogen and oxygen atoms in total. The van der Waals surface area contributed by atoms with Crippen molar-refractivity contribution in [3.63, 3.8) is 0 Å². The molecule has 0 unspecified atom stereocenters. The summed E-state index contributed by atoms with van der Waals surface area (Å²) in [5.74, 6) is 0.284. The number of nitrogens with zero attached hydrogens (tertiary/aromatic N) is 5. The maximum absolute atomic E-state index is 13.5. The fraction of sp³-hybridized carbons (Fsp3) is 0.417. The van der Waals surface area contributed by atoms with E-state index in [2.05, 4.69) is 34.1 Å². The number of fused-ring (bicyclic) bond motifs is 2. The molecule has 2 aliphatic rings. The molecule has 0 spiro atoms. The predicted molar refractivity (Wildman–Crippen MR) is 180 cm³/mol. The van der Waals surface area contributed by atoms with Crippen LogP contribution in [0.25, 0.3) is 11.0 Å². The number of carbonyl (C=O) groups excluding carboxylic acids is 2.